The summed E-state index contributed by atoms with van der Waals surface area (Å²) in [6.45, 7) is 5.15. The van der Waals surface area contributed by atoms with Crippen LogP contribution in [0.15, 0.2) is 24.3 Å². The van der Waals surface area contributed by atoms with E-state index in [1.54, 1.807) is 0 Å². The minimum Gasteiger partial charge on any atom is -0.490 e. The van der Waals surface area contributed by atoms with Gasteiger partial charge in [-0.1, -0.05) is 26.0 Å². The maximum absolute atomic E-state index is 5.97. The van der Waals surface area contributed by atoms with Crippen molar-refractivity contribution in [3.05, 3.63) is 29.8 Å². The summed E-state index contributed by atoms with van der Waals surface area (Å²) in [5, 5.41) is 0. The molecule has 1 fully saturated rings. The first-order valence-electron chi connectivity index (χ1n) is 7.17. The molecule has 2 N–H and O–H groups in total. The Labute approximate surface area is 111 Å². The van der Waals surface area contributed by atoms with Gasteiger partial charge < -0.3 is 10.5 Å². The summed E-state index contributed by atoms with van der Waals surface area (Å²) in [7, 11) is 0. The second-order valence-electron chi connectivity index (χ2n) is 5.68. The molecule has 0 heterocycles. The van der Waals surface area contributed by atoms with E-state index in [0.29, 0.717) is 24.5 Å². The van der Waals surface area contributed by atoms with Crippen molar-refractivity contribution in [3.63, 3.8) is 0 Å². The third-order valence-electron chi connectivity index (χ3n) is 3.97. The van der Waals surface area contributed by atoms with Crippen LogP contribution in [0.1, 0.15) is 51.0 Å². The molecule has 1 aromatic rings. The molecule has 1 saturated carbocycles. The summed E-state index contributed by atoms with van der Waals surface area (Å²) in [6, 6.07) is 8.53. The highest BCUT2D eigenvalue weighted by Gasteiger charge is 2.17. The fraction of sp³-hybridized carbons (Fsp3) is 0.625. The van der Waals surface area contributed by atoms with E-state index in [-0.39, 0.29) is 0 Å². The first-order chi connectivity index (χ1) is 8.70. The van der Waals surface area contributed by atoms with E-state index in [9.17, 15) is 0 Å². The lowest BCUT2D eigenvalue weighted by Crippen LogP contribution is -2.17. The Morgan fingerprint density at radius 2 is 1.78 bits per heavy atom. The van der Waals surface area contributed by atoms with E-state index in [2.05, 4.69) is 38.1 Å². The van der Waals surface area contributed by atoms with Crippen LogP contribution >= 0.6 is 0 Å². The van der Waals surface area contributed by atoms with Crippen LogP contribution in [-0.4, -0.2) is 12.6 Å². The maximum Gasteiger partial charge on any atom is 0.119 e. The SMILES string of the molecule is CC(C)C(CN)c1ccc(OC2CCCC2)cc1. The van der Waals surface area contributed by atoms with Crippen molar-refractivity contribution < 1.29 is 4.74 Å². The molecular formula is C16H25NO. The Kier molecular flexibility index (Phi) is 4.65. The molecule has 2 rings (SSSR count). The molecule has 18 heavy (non-hydrogen) atoms. The van der Waals surface area contributed by atoms with Gasteiger partial charge >= 0.3 is 0 Å². The van der Waals surface area contributed by atoms with Gasteiger partial charge in [-0.25, -0.2) is 0 Å². The molecule has 1 aliphatic rings. The Bertz CT molecular complexity index is 352. The van der Waals surface area contributed by atoms with E-state index >= 15 is 0 Å². The monoisotopic (exact) mass is 247 g/mol. The third kappa shape index (κ3) is 3.26. The zero-order valence-electron chi connectivity index (χ0n) is 11.6. The van der Waals surface area contributed by atoms with Crippen molar-refractivity contribution in [1.29, 1.82) is 0 Å². The minimum absolute atomic E-state index is 0.436. The normalized spacial score (nSPS) is 18.2. The Balaban J connectivity index is 2.00. The number of nitrogens with two attached hydrogens (primary N) is 1. The summed E-state index contributed by atoms with van der Waals surface area (Å²) in [5.74, 6) is 2.03. The molecule has 1 aromatic carbocycles. The Morgan fingerprint density at radius 3 is 2.28 bits per heavy atom. The average Bonchev–Trinajstić information content (AvgIpc) is 2.84. The van der Waals surface area contributed by atoms with Crippen molar-refractivity contribution in [2.24, 2.45) is 11.7 Å². The van der Waals surface area contributed by atoms with Crippen molar-refractivity contribution in [2.75, 3.05) is 6.54 Å². The number of benzene rings is 1. The van der Waals surface area contributed by atoms with Gasteiger partial charge in [-0.3, -0.25) is 0 Å². The summed E-state index contributed by atoms with van der Waals surface area (Å²) in [6.07, 6.45) is 5.47. The van der Waals surface area contributed by atoms with Gasteiger partial charge in [0.2, 0.25) is 0 Å². The van der Waals surface area contributed by atoms with Crippen molar-refractivity contribution in [2.45, 2.75) is 51.6 Å². The zero-order chi connectivity index (χ0) is 13.0. The molecule has 1 aliphatic carbocycles. The smallest absolute Gasteiger partial charge is 0.119 e. The number of ether oxygens (including phenoxy) is 1. The van der Waals surface area contributed by atoms with Crippen LogP contribution in [0, 0.1) is 5.92 Å². The summed E-state index contributed by atoms with van der Waals surface area (Å²) in [5.41, 5.74) is 7.17. The van der Waals surface area contributed by atoms with E-state index in [1.807, 2.05) is 0 Å². The molecule has 2 heteroatoms. The highest BCUT2D eigenvalue weighted by atomic mass is 16.5. The van der Waals surface area contributed by atoms with Gasteiger partial charge in [0.05, 0.1) is 6.10 Å². The Hall–Kier alpha value is -1.02. The molecule has 1 atom stereocenters. The Morgan fingerprint density at radius 1 is 1.17 bits per heavy atom. The second-order valence-corrected chi connectivity index (χ2v) is 5.68. The van der Waals surface area contributed by atoms with Gasteiger partial charge in [-0.05, 0) is 61.8 Å². The van der Waals surface area contributed by atoms with Crippen LogP contribution in [0.3, 0.4) is 0 Å². The predicted molar refractivity (Wildman–Crippen MR) is 76.0 cm³/mol. The summed E-state index contributed by atoms with van der Waals surface area (Å²) >= 11 is 0. The quantitative estimate of drug-likeness (QED) is 0.861. The number of hydrogen-bond donors (Lipinski definition) is 1. The fourth-order valence-corrected chi connectivity index (χ4v) is 2.79. The van der Waals surface area contributed by atoms with Crippen LogP contribution in [0.4, 0.5) is 0 Å². The van der Waals surface area contributed by atoms with Crippen molar-refractivity contribution >= 4 is 0 Å². The van der Waals surface area contributed by atoms with Gasteiger partial charge in [0.15, 0.2) is 0 Å². The van der Waals surface area contributed by atoms with Crippen LogP contribution in [-0.2, 0) is 0 Å². The van der Waals surface area contributed by atoms with Gasteiger partial charge in [0.1, 0.15) is 5.75 Å². The van der Waals surface area contributed by atoms with Crippen molar-refractivity contribution in [3.8, 4) is 5.75 Å². The molecule has 0 aromatic heterocycles. The maximum atomic E-state index is 5.97. The van der Waals surface area contributed by atoms with E-state index < -0.39 is 0 Å². The minimum atomic E-state index is 0.436. The fourth-order valence-electron chi connectivity index (χ4n) is 2.79. The van der Waals surface area contributed by atoms with Crippen LogP contribution in [0.25, 0.3) is 0 Å². The van der Waals surface area contributed by atoms with E-state index in [4.69, 9.17) is 10.5 Å². The number of rotatable bonds is 5. The third-order valence-corrected chi connectivity index (χ3v) is 3.97. The summed E-state index contributed by atoms with van der Waals surface area (Å²) < 4.78 is 5.97. The van der Waals surface area contributed by atoms with Gasteiger partial charge in [0, 0.05) is 0 Å². The molecule has 100 valence electrons. The molecule has 2 nitrogen and oxygen atoms in total. The van der Waals surface area contributed by atoms with Crippen LogP contribution < -0.4 is 10.5 Å². The lowest BCUT2D eigenvalue weighted by molar-refractivity contribution is 0.210. The topological polar surface area (TPSA) is 35.2 Å². The highest BCUT2D eigenvalue weighted by Crippen LogP contribution is 2.27. The first-order valence-corrected chi connectivity index (χ1v) is 7.17. The molecule has 0 bridgehead atoms. The van der Waals surface area contributed by atoms with Crippen molar-refractivity contribution in [1.82, 2.24) is 0 Å². The second kappa shape index (κ2) is 6.24. The lowest BCUT2D eigenvalue weighted by Gasteiger charge is -2.20. The molecule has 0 saturated heterocycles. The van der Waals surface area contributed by atoms with Gasteiger partial charge in [0.25, 0.3) is 0 Å². The average molecular weight is 247 g/mol. The lowest BCUT2D eigenvalue weighted by atomic mass is 9.88. The molecule has 0 radical (unpaired) electrons. The first kappa shape index (κ1) is 13.4. The van der Waals surface area contributed by atoms with E-state index in [1.165, 1.54) is 31.2 Å². The molecule has 0 spiro atoms. The standard InChI is InChI=1S/C16H25NO/c1-12(2)16(11-17)13-7-9-15(10-8-13)18-14-5-3-4-6-14/h7-10,12,14,16H,3-6,11,17H2,1-2H3. The molecule has 0 amide bonds. The number of hydrogen-bond acceptors (Lipinski definition) is 2. The largest absolute Gasteiger partial charge is 0.490 e. The zero-order valence-corrected chi connectivity index (χ0v) is 11.6. The summed E-state index contributed by atoms with van der Waals surface area (Å²) in [4.78, 5) is 0. The van der Waals surface area contributed by atoms with E-state index in [0.717, 1.165) is 5.75 Å². The van der Waals surface area contributed by atoms with Crippen LogP contribution in [0.5, 0.6) is 5.75 Å². The van der Waals surface area contributed by atoms with Gasteiger partial charge in [-0.15, -0.1) is 0 Å². The highest BCUT2D eigenvalue weighted by molar-refractivity contribution is 5.30. The molecule has 0 aliphatic heterocycles. The van der Waals surface area contributed by atoms with Gasteiger partial charge in [-0.2, -0.15) is 0 Å². The van der Waals surface area contributed by atoms with Crippen LogP contribution in [0.2, 0.25) is 0 Å². The predicted octanol–water partition coefficient (Wildman–Crippen LogP) is 3.71. The molecule has 1 unspecified atom stereocenters. The molecular weight excluding hydrogens is 222 g/mol.